The van der Waals surface area contributed by atoms with E-state index in [1.807, 2.05) is 7.05 Å². The van der Waals surface area contributed by atoms with Crippen LogP contribution in [0.25, 0.3) is 0 Å². The second-order valence-electron chi connectivity index (χ2n) is 3.86. The average Bonchev–Trinajstić information content (AvgIpc) is 2.38. The Balaban J connectivity index is 2.38. The number of hydrogen-bond donors (Lipinski definition) is 2. The molecule has 1 aromatic heterocycles. The van der Waals surface area contributed by atoms with E-state index < -0.39 is 5.82 Å². The molecule has 0 unspecified atom stereocenters. The first-order valence-electron chi connectivity index (χ1n) is 5.79. The lowest BCUT2D eigenvalue weighted by Gasteiger charge is -2.16. The van der Waals surface area contributed by atoms with E-state index in [1.54, 1.807) is 14.2 Å². The Hall–Kier alpha value is -1.47. The van der Waals surface area contributed by atoms with Crippen LogP contribution in [0.5, 0.6) is 0 Å². The summed E-state index contributed by atoms with van der Waals surface area (Å²) in [6.45, 7) is 2.91. The molecule has 0 aliphatic heterocycles. The van der Waals surface area contributed by atoms with E-state index in [-0.39, 0.29) is 5.82 Å². The number of nitrogens with one attached hydrogen (secondary N) is 2. The van der Waals surface area contributed by atoms with E-state index in [1.165, 1.54) is 0 Å². The molecule has 1 aromatic rings. The van der Waals surface area contributed by atoms with Crippen LogP contribution in [0.3, 0.4) is 0 Å². The number of rotatable bonds is 8. The highest BCUT2D eigenvalue weighted by Gasteiger charge is 2.06. The van der Waals surface area contributed by atoms with Crippen LogP contribution < -0.4 is 10.6 Å². The first-order chi connectivity index (χ1) is 8.67. The Labute approximate surface area is 107 Å². The van der Waals surface area contributed by atoms with E-state index in [9.17, 15) is 4.39 Å². The van der Waals surface area contributed by atoms with E-state index in [4.69, 9.17) is 4.74 Å². The van der Waals surface area contributed by atoms with E-state index >= 15 is 0 Å². The summed E-state index contributed by atoms with van der Waals surface area (Å²) < 4.78 is 18.4. The van der Waals surface area contributed by atoms with Crippen molar-refractivity contribution in [1.82, 2.24) is 14.9 Å². The van der Waals surface area contributed by atoms with Crippen molar-refractivity contribution in [3.8, 4) is 0 Å². The molecule has 0 bridgehead atoms. The van der Waals surface area contributed by atoms with Crippen LogP contribution in [-0.4, -0.2) is 62.3 Å². The molecule has 0 saturated heterocycles. The third-order valence-corrected chi connectivity index (χ3v) is 2.43. The fourth-order valence-corrected chi connectivity index (χ4v) is 1.34. The molecule has 102 valence electrons. The zero-order chi connectivity index (χ0) is 13.4. The van der Waals surface area contributed by atoms with Crippen LogP contribution in [0.2, 0.25) is 0 Å². The highest BCUT2D eigenvalue weighted by atomic mass is 19.1. The third-order valence-electron chi connectivity index (χ3n) is 2.43. The lowest BCUT2D eigenvalue weighted by Crippen LogP contribution is -2.28. The van der Waals surface area contributed by atoms with Gasteiger partial charge in [0.05, 0.1) is 12.8 Å². The lowest BCUT2D eigenvalue weighted by atomic mass is 10.4. The van der Waals surface area contributed by atoms with Crippen LogP contribution >= 0.6 is 0 Å². The summed E-state index contributed by atoms with van der Waals surface area (Å²) in [6.07, 6.45) is 1.15. The Morgan fingerprint density at radius 2 is 2.22 bits per heavy atom. The Morgan fingerprint density at radius 1 is 1.44 bits per heavy atom. The number of ether oxygens (including phenoxy) is 1. The second-order valence-corrected chi connectivity index (χ2v) is 3.86. The summed E-state index contributed by atoms with van der Waals surface area (Å²) in [7, 11) is 5.34. The smallest absolute Gasteiger partial charge is 0.224 e. The second kappa shape index (κ2) is 7.78. The van der Waals surface area contributed by atoms with Crippen LogP contribution in [0, 0.1) is 5.82 Å². The molecule has 18 heavy (non-hydrogen) atoms. The van der Waals surface area contributed by atoms with Gasteiger partial charge in [-0.05, 0) is 7.05 Å². The monoisotopic (exact) mass is 257 g/mol. The van der Waals surface area contributed by atoms with Gasteiger partial charge in [0.15, 0.2) is 11.6 Å². The maximum atomic E-state index is 13.4. The first-order valence-corrected chi connectivity index (χ1v) is 5.79. The van der Waals surface area contributed by atoms with Crippen molar-refractivity contribution in [2.24, 2.45) is 0 Å². The van der Waals surface area contributed by atoms with Gasteiger partial charge < -0.3 is 20.3 Å². The molecule has 1 rings (SSSR count). The number of hydrogen-bond acceptors (Lipinski definition) is 6. The quantitative estimate of drug-likeness (QED) is 0.713. The molecule has 0 aromatic carbocycles. The summed E-state index contributed by atoms with van der Waals surface area (Å²) in [5.41, 5.74) is 0. The Kier molecular flexibility index (Phi) is 6.31. The minimum absolute atomic E-state index is 0.217. The molecule has 6 nitrogen and oxygen atoms in total. The zero-order valence-corrected chi connectivity index (χ0v) is 11.0. The molecular formula is C11H20FN5O. The molecule has 2 N–H and O–H groups in total. The number of halogens is 1. The largest absolute Gasteiger partial charge is 0.383 e. The standard InChI is InChI=1S/C11H20FN5O/c1-13-11-15-8-9(12)10(16-11)14-4-5-17(2)6-7-18-3/h8H,4-7H2,1-3H3,(H2,13,14,15,16). The molecule has 1 heterocycles. The number of likely N-dealkylation sites (N-methyl/N-ethyl adjacent to an activating group) is 1. The van der Waals surface area contributed by atoms with E-state index in [0.717, 1.165) is 19.3 Å². The number of aromatic nitrogens is 2. The maximum absolute atomic E-state index is 13.4. The third kappa shape index (κ3) is 4.80. The van der Waals surface area contributed by atoms with Crippen LogP contribution in [0.4, 0.5) is 16.2 Å². The first kappa shape index (κ1) is 14.6. The van der Waals surface area contributed by atoms with Gasteiger partial charge in [-0.3, -0.25) is 0 Å². The number of nitrogens with zero attached hydrogens (tertiary/aromatic N) is 3. The van der Waals surface area contributed by atoms with Gasteiger partial charge in [0, 0.05) is 33.8 Å². The van der Waals surface area contributed by atoms with Crippen molar-refractivity contribution < 1.29 is 9.13 Å². The molecule has 0 radical (unpaired) electrons. The predicted molar refractivity (Wildman–Crippen MR) is 69.4 cm³/mol. The van der Waals surface area contributed by atoms with Gasteiger partial charge in [0.1, 0.15) is 0 Å². The lowest BCUT2D eigenvalue weighted by molar-refractivity contribution is 0.163. The van der Waals surface area contributed by atoms with Crippen molar-refractivity contribution in [3.63, 3.8) is 0 Å². The normalized spacial score (nSPS) is 10.7. The minimum Gasteiger partial charge on any atom is -0.383 e. The van der Waals surface area contributed by atoms with Gasteiger partial charge in [0.25, 0.3) is 0 Å². The highest BCUT2D eigenvalue weighted by Crippen LogP contribution is 2.10. The Bertz CT molecular complexity index is 363. The van der Waals surface area contributed by atoms with Crippen molar-refractivity contribution in [1.29, 1.82) is 0 Å². The van der Waals surface area contributed by atoms with Gasteiger partial charge in [-0.25, -0.2) is 9.37 Å². The summed E-state index contributed by atoms with van der Waals surface area (Å²) in [5, 5.41) is 5.71. The van der Waals surface area contributed by atoms with Gasteiger partial charge >= 0.3 is 0 Å². The summed E-state index contributed by atoms with van der Waals surface area (Å²) >= 11 is 0. The van der Waals surface area contributed by atoms with Gasteiger partial charge in [-0.1, -0.05) is 0 Å². The molecule has 0 amide bonds. The van der Waals surface area contributed by atoms with Gasteiger partial charge in [-0.2, -0.15) is 4.98 Å². The zero-order valence-electron chi connectivity index (χ0n) is 11.0. The van der Waals surface area contributed by atoms with Gasteiger partial charge in [-0.15, -0.1) is 0 Å². The fraction of sp³-hybridized carbons (Fsp3) is 0.636. The molecule has 0 fully saturated rings. The Morgan fingerprint density at radius 3 is 2.89 bits per heavy atom. The average molecular weight is 257 g/mol. The maximum Gasteiger partial charge on any atom is 0.224 e. The highest BCUT2D eigenvalue weighted by molar-refractivity contribution is 5.40. The predicted octanol–water partition coefficient (Wildman–Crippen LogP) is 0.647. The SMILES string of the molecule is CNc1ncc(F)c(NCCN(C)CCOC)n1. The van der Waals surface area contributed by atoms with Crippen LogP contribution in [-0.2, 0) is 4.74 Å². The van der Waals surface area contributed by atoms with Gasteiger partial charge in [0.2, 0.25) is 5.95 Å². The number of methoxy groups -OCH3 is 1. The summed E-state index contributed by atoms with van der Waals surface area (Å²) in [4.78, 5) is 9.87. The fourth-order valence-electron chi connectivity index (χ4n) is 1.34. The van der Waals surface area contributed by atoms with E-state index in [0.29, 0.717) is 19.1 Å². The molecular weight excluding hydrogens is 237 g/mol. The molecule has 0 spiro atoms. The molecule has 0 aliphatic carbocycles. The molecule has 0 saturated carbocycles. The molecule has 0 atom stereocenters. The van der Waals surface area contributed by atoms with Crippen molar-refractivity contribution >= 4 is 11.8 Å². The summed E-state index contributed by atoms with van der Waals surface area (Å²) in [6, 6.07) is 0. The minimum atomic E-state index is -0.450. The van der Waals surface area contributed by atoms with E-state index in [2.05, 4.69) is 25.5 Å². The van der Waals surface area contributed by atoms with Crippen molar-refractivity contribution in [2.75, 3.05) is 58.1 Å². The van der Waals surface area contributed by atoms with Crippen molar-refractivity contribution in [3.05, 3.63) is 12.0 Å². The molecule has 0 aliphatic rings. The molecule has 7 heteroatoms. The van der Waals surface area contributed by atoms with Crippen molar-refractivity contribution in [2.45, 2.75) is 0 Å². The summed E-state index contributed by atoms with van der Waals surface area (Å²) in [5.74, 6) is 0.162. The topological polar surface area (TPSA) is 62.3 Å². The number of anilines is 2. The van der Waals surface area contributed by atoms with Crippen LogP contribution in [0.15, 0.2) is 6.20 Å². The van der Waals surface area contributed by atoms with Crippen LogP contribution in [0.1, 0.15) is 0 Å².